The lowest BCUT2D eigenvalue weighted by Gasteiger charge is -2.37. The molecule has 1 heterocycles. The maximum atomic E-state index is 14.0. The molecule has 0 fully saturated rings. The van der Waals surface area contributed by atoms with Crippen LogP contribution >= 0.6 is 0 Å². The molecule has 2 atom stereocenters. The number of ether oxygens (including phenoxy) is 1. The minimum atomic E-state index is -0.740. The SMILES string of the molecule is CCOc1noc(C)c1CC[C@@H](C(=O)NC(C)(C)C)N(C(=O)c1ccccc1)[C@@H](C)c1ccccc1. The average molecular weight is 492 g/mol. The normalized spacial score (nSPS) is 13.1. The van der Waals surface area contributed by atoms with Crippen LogP contribution in [0.4, 0.5) is 0 Å². The largest absolute Gasteiger partial charge is 0.476 e. The molecule has 1 aromatic heterocycles. The molecule has 0 aliphatic heterocycles. The Hall–Kier alpha value is -3.61. The third-order valence-electron chi connectivity index (χ3n) is 5.99. The Labute approximate surface area is 213 Å². The van der Waals surface area contributed by atoms with Crippen LogP contribution in [-0.2, 0) is 11.2 Å². The number of nitrogens with one attached hydrogen (secondary N) is 1. The predicted octanol–water partition coefficient (Wildman–Crippen LogP) is 5.50. The van der Waals surface area contributed by atoms with Gasteiger partial charge in [0, 0.05) is 11.1 Å². The van der Waals surface area contributed by atoms with Gasteiger partial charge in [-0.2, -0.15) is 0 Å². The number of benzene rings is 2. The second kappa shape index (κ2) is 11.9. The number of hydrogen-bond donors (Lipinski definition) is 1. The summed E-state index contributed by atoms with van der Waals surface area (Å²) >= 11 is 0. The smallest absolute Gasteiger partial charge is 0.257 e. The first-order valence-electron chi connectivity index (χ1n) is 12.4. The van der Waals surface area contributed by atoms with Gasteiger partial charge in [0.1, 0.15) is 11.8 Å². The monoisotopic (exact) mass is 491 g/mol. The van der Waals surface area contributed by atoms with Crippen LogP contribution in [0.25, 0.3) is 0 Å². The Morgan fingerprint density at radius 3 is 2.25 bits per heavy atom. The van der Waals surface area contributed by atoms with Crippen LogP contribution in [0.2, 0.25) is 0 Å². The molecule has 7 nitrogen and oxygen atoms in total. The lowest BCUT2D eigenvalue weighted by molar-refractivity contribution is -0.128. The number of aromatic nitrogens is 1. The summed E-state index contributed by atoms with van der Waals surface area (Å²) in [6.07, 6.45) is 0.840. The van der Waals surface area contributed by atoms with Crippen molar-refractivity contribution in [3.05, 3.63) is 83.1 Å². The van der Waals surface area contributed by atoms with Crippen molar-refractivity contribution >= 4 is 11.8 Å². The molecule has 2 amide bonds. The zero-order valence-corrected chi connectivity index (χ0v) is 22.1. The molecule has 3 aromatic rings. The van der Waals surface area contributed by atoms with Gasteiger partial charge in [0.2, 0.25) is 5.91 Å². The molecule has 2 aromatic carbocycles. The number of aryl methyl sites for hydroxylation is 1. The summed E-state index contributed by atoms with van der Waals surface area (Å²) in [5.41, 5.74) is 1.83. The number of rotatable bonds is 10. The van der Waals surface area contributed by atoms with E-state index in [-0.39, 0.29) is 17.9 Å². The van der Waals surface area contributed by atoms with Gasteiger partial charge in [-0.15, -0.1) is 0 Å². The summed E-state index contributed by atoms with van der Waals surface area (Å²) in [7, 11) is 0. The summed E-state index contributed by atoms with van der Waals surface area (Å²) in [5.74, 6) is 0.669. The molecule has 0 saturated carbocycles. The van der Waals surface area contributed by atoms with Gasteiger partial charge >= 0.3 is 0 Å². The number of nitrogens with zero attached hydrogens (tertiary/aromatic N) is 2. The van der Waals surface area contributed by atoms with E-state index in [2.05, 4.69) is 10.5 Å². The first-order valence-corrected chi connectivity index (χ1v) is 12.4. The molecule has 0 aliphatic rings. The quantitative estimate of drug-likeness (QED) is 0.405. The molecule has 0 radical (unpaired) electrons. The standard InChI is InChI=1S/C29H37N3O4/c1-7-35-27-24(21(3)36-31-27)18-19-25(26(33)30-29(4,5)6)32(20(2)22-14-10-8-11-15-22)28(34)23-16-12-9-13-17-23/h8-17,20,25H,7,18-19H2,1-6H3,(H,30,33)/t20-,25-/m0/s1. The molecular formula is C29H37N3O4. The third-order valence-corrected chi connectivity index (χ3v) is 5.99. The van der Waals surface area contributed by atoms with E-state index in [1.54, 1.807) is 17.0 Å². The predicted molar refractivity (Wildman–Crippen MR) is 140 cm³/mol. The van der Waals surface area contributed by atoms with Crippen molar-refractivity contribution in [2.45, 2.75) is 72.0 Å². The molecule has 0 bridgehead atoms. The van der Waals surface area contributed by atoms with Gasteiger partial charge in [-0.1, -0.05) is 48.5 Å². The highest BCUT2D eigenvalue weighted by Crippen LogP contribution is 2.29. The summed E-state index contributed by atoms with van der Waals surface area (Å²) in [5, 5.41) is 7.11. The maximum Gasteiger partial charge on any atom is 0.257 e. The zero-order valence-electron chi connectivity index (χ0n) is 22.1. The number of amides is 2. The van der Waals surface area contributed by atoms with Crippen molar-refractivity contribution < 1.29 is 18.8 Å². The fraction of sp³-hybridized carbons (Fsp3) is 0.414. The number of hydrogen-bond acceptors (Lipinski definition) is 5. The van der Waals surface area contributed by atoms with E-state index in [0.29, 0.717) is 36.7 Å². The molecule has 0 saturated heterocycles. The van der Waals surface area contributed by atoms with Crippen LogP contribution in [0.15, 0.2) is 65.2 Å². The Kier molecular flexibility index (Phi) is 8.91. The van der Waals surface area contributed by atoms with Crippen LogP contribution in [0, 0.1) is 6.92 Å². The van der Waals surface area contributed by atoms with Gasteiger partial charge in [-0.25, -0.2) is 0 Å². The van der Waals surface area contributed by atoms with E-state index in [0.717, 1.165) is 11.1 Å². The lowest BCUT2D eigenvalue weighted by Crippen LogP contribution is -2.54. The average Bonchev–Trinajstić information content (AvgIpc) is 3.20. The minimum absolute atomic E-state index is 0.201. The fourth-order valence-electron chi connectivity index (χ4n) is 4.24. The summed E-state index contributed by atoms with van der Waals surface area (Å²) in [6.45, 7) is 11.9. The minimum Gasteiger partial charge on any atom is -0.476 e. The molecule has 3 rings (SSSR count). The Morgan fingerprint density at radius 2 is 1.67 bits per heavy atom. The highest BCUT2D eigenvalue weighted by molar-refractivity contribution is 5.98. The molecule has 0 unspecified atom stereocenters. The second-order valence-electron chi connectivity index (χ2n) is 9.91. The van der Waals surface area contributed by atoms with Gasteiger partial charge in [0.25, 0.3) is 11.8 Å². The van der Waals surface area contributed by atoms with Crippen molar-refractivity contribution in [3.8, 4) is 5.88 Å². The van der Waals surface area contributed by atoms with Crippen LogP contribution in [0.1, 0.15) is 74.3 Å². The first-order chi connectivity index (χ1) is 17.1. The van der Waals surface area contributed by atoms with Gasteiger partial charge in [-0.05, 0) is 77.2 Å². The summed E-state index contributed by atoms with van der Waals surface area (Å²) < 4.78 is 11.0. The van der Waals surface area contributed by atoms with Gasteiger partial charge in [0.05, 0.1) is 18.2 Å². The summed E-state index contributed by atoms with van der Waals surface area (Å²) in [4.78, 5) is 29.4. The topological polar surface area (TPSA) is 84.7 Å². The molecule has 0 aliphatic carbocycles. The van der Waals surface area contributed by atoms with Gasteiger partial charge in [0.15, 0.2) is 0 Å². The van der Waals surface area contributed by atoms with E-state index in [4.69, 9.17) is 9.26 Å². The summed E-state index contributed by atoms with van der Waals surface area (Å²) in [6, 6.07) is 17.8. The molecular weight excluding hydrogens is 454 g/mol. The molecule has 0 spiro atoms. The third kappa shape index (κ3) is 6.74. The Bertz CT molecular complexity index is 1140. The lowest BCUT2D eigenvalue weighted by atomic mass is 9.97. The first kappa shape index (κ1) is 27.0. The fourth-order valence-corrected chi connectivity index (χ4v) is 4.24. The maximum absolute atomic E-state index is 14.0. The van der Waals surface area contributed by atoms with Gasteiger partial charge in [-0.3, -0.25) is 9.59 Å². The highest BCUT2D eigenvalue weighted by atomic mass is 16.5. The van der Waals surface area contributed by atoms with Gasteiger partial charge < -0.3 is 19.5 Å². The Morgan fingerprint density at radius 1 is 1.06 bits per heavy atom. The second-order valence-corrected chi connectivity index (χ2v) is 9.91. The van der Waals surface area contributed by atoms with Crippen LogP contribution in [0.3, 0.4) is 0 Å². The van der Waals surface area contributed by atoms with E-state index >= 15 is 0 Å². The Balaban J connectivity index is 2.04. The van der Waals surface area contributed by atoms with Crippen molar-refractivity contribution in [1.82, 2.24) is 15.4 Å². The molecule has 1 N–H and O–H groups in total. The molecule has 36 heavy (non-hydrogen) atoms. The van der Waals surface area contributed by atoms with Crippen LogP contribution in [-0.4, -0.2) is 40.1 Å². The van der Waals surface area contributed by atoms with E-state index in [1.165, 1.54) is 0 Å². The van der Waals surface area contributed by atoms with Crippen molar-refractivity contribution in [2.24, 2.45) is 0 Å². The van der Waals surface area contributed by atoms with Crippen molar-refractivity contribution in [3.63, 3.8) is 0 Å². The van der Waals surface area contributed by atoms with E-state index in [9.17, 15) is 9.59 Å². The molecule has 7 heteroatoms. The zero-order chi connectivity index (χ0) is 26.3. The van der Waals surface area contributed by atoms with Crippen LogP contribution < -0.4 is 10.1 Å². The van der Waals surface area contributed by atoms with E-state index in [1.807, 2.05) is 90.1 Å². The number of carbonyl (C=O) groups is 2. The molecule has 192 valence electrons. The van der Waals surface area contributed by atoms with Crippen LogP contribution in [0.5, 0.6) is 5.88 Å². The van der Waals surface area contributed by atoms with Crippen molar-refractivity contribution in [2.75, 3.05) is 6.61 Å². The van der Waals surface area contributed by atoms with Crippen molar-refractivity contribution in [1.29, 1.82) is 0 Å². The highest BCUT2D eigenvalue weighted by Gasteiger charge is 2.36. The van der Waals surface area contributed by atoms with E-state index < -0.39 is 11.6 Å². The number of carbonyl (C=O) groups excluding carboxylic acids is 2.